The Hall–Kier alpha value is -2.36. The Bertz CT molecular complexity index is 684. The monoisotopic (exact) mass is 271 g/mol. The maximum Gasteiger partial charge on any atom is 0.262 e. The molecule has 1 aromatic carbocycles. The summed E-state index contributed by atoms with van der Waals surface area (Å²) in [5.41, 5.74) is 1.86. The fourth-order valence-electron chi connectivity index (χ4n) is 2.18. The number of pyridine rings is 1. The van der Waals surface area contributed by atoms with E-state index in [2.05, 4.69) is 0 Å². The van der Waals surface area contributed by atoms with Gasteiger partial charge in [-0.2, -0.15) is 0 Å². The number of benzene rings is 1. The van der Waals surface area contributed by atoms with Gasteiger partial charge in [-0.3, -0.25) is 14.2 Å². The molecule has 0 aliphatic heterocycles. The average Bonchev–Trinajstić information content (AvgIpc) is 2.46. The van der Waals surface area contributed by atoms with Crippen LogP contribution in [-0.4, -0.2) is 17.6 Å². The number of ether oxygens (including phenoxy) is 1. The molecule has 104 valence electrons. The maximum absolute atomic E-state index is 12.6. The molecule has 0 spiro atoms. The standard InChI is InChI=1S/C16H17NO3/c1-4-13-10-14(18)9-11(2)17(13)16(19)12-5-7-15(20-3)8-6-12/h5-10H,4H2,1-3H3. The number of nitrogens with zero attached hydrogens (tertiary/aromatic N) is 1. The van der Waals surface area contributed by atoms with E-state index >= 15 is 0 Å². The van der Waals surface area contributed by atoms with Crippen LogP contribution in [0.2, 0.25) is 0 Å². The molecule has 2 rings (SSSR count). The van der Waals surface area contributed by atoms with Crippen molar-refractivity contribution < 1.29 is 9.53 Å². The van der Waals surface area contributed by atoms with Gasteiger partial charge < -0.3 is 4.74 Å². The van der Waals surface area contributed by atoms with Gasteiger partial charge >= 0.3 is 0 Å². The van der Waals surface area contributed by atoms with Crippen molar-refractivity contribution in [1.29, 1.82) is 0 Å². The molecule has 0 unspecified atom stereocenters. The first-order valence-corrected chi connectivity index (χ1v) is 6.48. The van der Waals surface area contributed by atoms with Crippen LogP contribution in [0, 0.1) is 6.92 Å². The summed E-state index contributed by atoms with van der Waals surface area (Å²) >= 11 is 0. The number of hydrogen-bond acceptors (Lipinski definition) is 3. The fraction of sp³-hybridized carbons (Fsp3) is 0.250. The van der Waals surface area contributed by atoms with Gasteiger partial charge in [0.2, 0.25) is 0 Å². The van der Waals surface area contributed by atoms with Crippen molar-refractivity contribution >= 4 is 5.91 Å². The van der Waals surface area contributed by atoms with Crippen LogP contribution >= 0.6 is 0 Å². The summed E-state index contributed by atoms with van der Waals surface area (Å²) in [6.45, 7) is 3.69. The molecular formula is C16H17NO3. The van der Waals surface area contributed by atoms with Gasteiger partial charge in [-0.15, -0.1) is 0 Å². The molecule has 1 aromatic heterocycles. The molecule has 0 aliphatic rings. The Morgan fingerprint density at radius 3 is 2.40 bits per heavy atom. The maximum atomic E-state index is 12.6. The topological polar surface area (TPSA) is 48.3 Å². The van der Waals surface area contributed by atoms with E-state index in [4.69, 9.17) is 4.74 Å². The lowest BCUT2D eigenvalue weighted by molar-refractivity contribution is 0.0954. The minimum absolute atomic E-state index is 0.0712. The minimum Gasteiger partial charge on any atom is -0.497 e. The number of aryl methyl sites for hydroxylation is 2. The minimum atomic E-state index is -0.137. The molecule has 4 nitrogen and oxygen atoms in total. The SMILES string of the molecule is CCc1cc(=O)cc(C)n1C(=O)c1ccc(OC)cc1. The third-order valence-corrected chi connectivity index (χ3v) is 3.20. The number of methoxy groups -OCH3 is 1. The molecule has 20 heavy (non-hydrogen) atoms. The molecule has 0 saturated heterocycles. The van der Waals surface area contributed by atoms with Gasteiger partial charge in [0.25, 0.3) is 5.91 Å². The second-order valence-electron chi connectivity index (χ2n) is 4.55. The van der Waals surface area contributed by atoms with Crippen LogP contribution in [0.25, 0.3) is 0 Å². The van der Waals surface area contributed by atoms with E-state index in [1.807, 2.05) is 6.92 Å². The van der Waals surface area contributed by atoms with Crippen molar-refractivity contribution in [2.24, 2.45) is 0 Å². The first kappa shape index (κ1) is 14.1. The Morgan fingerprint density at radius 2 is 1.85 bits per heavy atom. The van der Waals surface area contributed by atoms with Crippen molar-refractivity contribution in [1.82, 2.24) is 4.57 Å². The van der Waals surface area contributed by atoms with E-state index < -0.39 is 0 Å². The third-order valence-electron chi connectivity index (χ3n) is 3.20. The largest absolute Gasteiger partial charge is 0.497 e. The molecular weight excluding hydrogens is 254 g/mol. The summed E-state index contributed by atoms with van der Waals surface area (Å²) in [6.07, 6.45) is 0.624. The Labute approximate surface area is 117 Å². The Kier molecular flexibility index (Phi) is 4.03. The summed E-state index contributed by atoms with van der Waals surface area (Å²) in [6, 6.07) is 9.92. The highest BCUT2D eigenvalue weighted by atomic mass is 16.5. The van der Waals surface area contributed by atoms with Crippen molar-refractivity contribution in [3.8, 4) is 5.75 Å². The summed E-state index contributed by atoms with van der Waals surface area (Å²) in [5.74, 6) is 0.566. The predicted molar refractivity (Wildman–Crippen MR) is 77.5 cm³/mol. The first-order chi connectivity index (χ1) is 9.56. The molecule has 0 fully saturated rings. The molecule has 0 bridgehead atoms. The smallest absolute Gasteiger partial charge is 0.262 e. The summed E-state index contributed by atoms with van der Waals surface area (Å²) in [4.78, 5) is 24.1. The van der Waals surface area contributed by atoms with Crippen LogP contribution in [0.15, 0.2) is 41.2 Å². The van der Waals surface area contributed by atoms with Gasteiger partial charge in [-0.1, -0.05) is 6.92 Å². The van der Waals surface area contributed by atoms with Crippen molar-refractivity contribution in [3.63, 3.8) is 0 Å². The van der Waals surface area contributed by atoms with Crippen molar-refractivity contribution in [2.75, 3.05) is 7.11 Å². The Morgan fingerprint density at radius 1 is 1.20 bits per heavy atom. The van der Waals surface area contributed by atoms with E-state index in [1.165, 1.54) is 12.1 Å². The highest BCUT2D eigenvalue weighted by Gasteiger charge is 2.13. The normalized spacial score (nSPS) is 10.3. The van der Waals surface area contributed by atoms with Gasteiger partial charge in [-0.25, -0.2) is 0 Å². The molecule has 0 aliphatic carbocycles. The van der Waals surface area contributed by atoms with E-state index in [0.717, 1.165) is 5.69 Å². The van der Waals surface area contributed by atoms with Gasteiger partial charge in [0.05, 0.1) is 7.11 Å². The quantitative estimate of drug-likeness (QED) is 0.861. The lowest BCUT2D eigenvalue weighted by Crippen LogP contribution is -2.22. The van der Waals surface area contributed by atoms with Crippen molar-refractivity contribution in [3.05, 3.63) is 63.6 Å². The fourth-order valence-corrected chi connectivity index (χ4v) is 2.18. The second-order valence-corrected chi connectivity index (χ2v) is 4.55. The zero-order valence-electron chi connectivity index (χ0n) is 11.8. The van der Waals surface area contributed by atoms with Crippen LogP contribution < -0.4 is 10.2 Å². The van der Waals surface area contributed by atoms with Crippen molar-refractivity contribution in [2.45, 2.75) is 20.3 Å². The van der Waals surface area contributed by atoms with E-state index in [9.17, 15) is 9.59 Å². The van der Waals surface area contributed by atoms with Gasteiger partial charge in [0.1, 0.15) is 5.75 Å². The van der Waals surface area contributed by atoms with Gasteiger partial charge in [-0.05, 0) is 37.6 Å². The zero-order chi connectivity index (χ0) is 14.7. The van der Waals surface area contributed by atoms with E-state index in [1.54, 1.807) is 42.9 Å². The molecule has 2 aromatic rings. The first-order valence-electron chi connectivity index (χ1n) is 6.48. The summed E-state index contributed by atoms with van der Waals surface area (Å²) < 4.78 is 6.67. The lowest BCUT2D eigenvalue weighted by Gasteiger charge is -2.14. The highest BCUT2D eigenvalue weighted by molar-refractivity contribution is 5.96. The third kappa shape index (κ3) is 2.64. The second kappa shape index (κ2) is 5.74. The van der Waals surface area contributed by atoms with Crippen LogP contribution in [-0.2, 0) is 6.42 Å². The number of aromatic nitrogens is 1. The van der Waals surface area contributed by atoms with Crippen LogP contribution in [0.4, 0.5) is 0 Å². The van der Waals surface area contributed by atoms with E-state index in [0.29, 0.717) is 23.4 Å². The molecule has 0 N–H and O–H groups in total. The zero-order valence-corrected chi connectivity index (χ0v) is 11.8. The molecule has 0 radical (unpaired) electrons. The number of carbonyl (C=O) groups is 1. The average molecular weight is 271 g/mol. The van der Waals surface area contributed by atoms with Gasteiger partial charge in [0.15, 0.2) is 5.43 Å². The number of rotatable bonds is 3. The number of carbonyl (C=O) groups excluding carboxylic acids is 1. The summed E-state index contributed by atoms with van der Waals surface area (Å²) in [7, 11) is 1.58. The highest BCUT2D eigenvalue weighted by Crippen LogP contribution is 2.14. The molecule has 0 amide bonds. The Balaban J connectivity index is 2.49. The molecule has 0 atom stereocenters. The predicted octanol–water partition coefficient (Wildman–Crippen LogP) is 2.42. The van der Waals surface area contributed by atoms with Crippen LogP contribution in [0.5, 0.6) is 5.75 Å². The van der Waals surface area contributed by atoms with Gasteiger partial charge in [0, 0.05) is 29.1 Å². The molecule has 0 saturated carbocycles. The summed E-state index contributed by atoms with van der Waals surface area (Å²) in [5, 5.41) is 0. The lowest BCUT2D eigenvalue weighted by atomic mass is 10.1. The molecule has 1 heterocycles. The number of hydrogen-bond donors (Lipinski definition) is 0. The van der Waals surface area contributed by atoms with Crippen LogP contribution in [0.1, 0.15) is 28.7 Å². The van der Waals surface area contributed by atoms with E-state index in [-0.39, 0.29) is 11.3 Å². The molecule has 4 heteroatoms. The van der Waals surface area contributed by atoms with Crippen LogP contribution in [0.3, 0.4) is 0 Å².